The van der Waals surface area contributed by atoms with Crippen LogP contribution in [-0.4, -0.2) is 12.6 Å². The van der Waals surface area contributed by atoms with Gasteiger partial charge in [-0.15, -0.1) is 0 Å². The average Bonchev–Trinajstić information content (AvgIpc) is 2.41. The van der Waals surface area contributed by atoms with Crippen molar-refractivity contribution in [3.8, 4) is 5.75 Å². The first-order chi connectivity index (χ1) is 10.1. The zero-order chi connectivity index (χ0) is 14.8. The van der Waals surface area contributed by atoms with Gasteiger partial charge in [0.05, 0.1) is 6.61 Å². The molecule has 0 aliphatic heterocycles. The second kappa shape index (κ2) is 5.90. The van der Waals surface area contributed by atoms with Crippen LogP contribution in [0.25, 0.3) is 0 Å². The molecule has 3 rings (SSSR count). The summed E-state index contributed by atoms with van der Waals surface area (Å²) in [5.74, 6) is 1.52. The Hall–Kier alpha value is -1.80. The SMILES string of the molecule is Cc1ccc(OCC2Cc3ccccc32)c(CC(C)N)c1. The summed E-state index contributed by atoms with van der Waals surface area (Å²) >= 11 is 0. The minimum atomic E-state index is 0.151. The van der Waals surface area contributed by atoms with Crippen LogP contribution in [0.4, 0.5) is 0 Å². The Labute approximate surface area is 126 Å². The molecule has 0 amide bonds. The van der Waals surface area contributed by atoms with Crippen LogP contribution in [-0.2, 0) is 12.8 Å². The van der Waals surface area contributed by atoms with Crippen LogP contribution in [0.5, 0.6) is 5.75 Å². The molecule has 110 valence electrons. The molecule has 2 atom stereocenters. The fraction of sp³-hybridized carbons (Fsp3) is 0.368. The Kier molecular flexibility index (Phi) is 3.98. The van der Waals surface area contributed by atoms with Crippen molar-refractivity contribution >= 4 is 0 Å². The van der Waals surface area contributed by atoms with Crippen LogP contribution < -0.4 is 10.5 Å². The maximum absolute atomic E-state index is 6.10. The van der Waals surface area contributed by atoms with E-state index in [1.165, 1.54) is 22.3 Å². The summed E-state index contributed by atoms with van der Waals surface area (Å²) in [7, 11) is 0. The van der Waals surface area contributed by atoms with Crippen LogP contribution >= 0.6 is 0 Å². The van der Waals surface area contributed by atoms with E-state index in [1.807, 2.05) is 6.92 Å². The Balaban J connectivity index is 1.69. The lowest BCUT2D eigenvalue weighted by Gasteiger charge is -2.30. The van der Waals surface area contributed by atoms with E-state index in [2.05, 4.69) is 49.4 Å². The molecule has 0 radical (unpaired) electrons. The molecular weight excluding hydrogens is 258 g/mol. The van der Waals surface area contributed by atoms with Crippen LogP contribution in [0, 0.1) is 6.92 Å². The summed E-state index contributed by atoms with van der Waals surface area (Å²) in [6, 6.07) is 15.2. The van der Waals surface area contributed by atoms with Gasteiger partial charge in [-0.1, -0.05) is 42.0 Å². The van der Waals surface area contributed by atoms with Crippen molar-refractivity contribution < 1.29 is 4.74 Å². The standard InChI is InChI=1S/C19H23NO/c1-13-7-8-19(16(9-13)10-14(2)20)21-12-17-11-15-5-3-4-6-18(15)17/h3-9,14,17H,10-12,20H2,1-2H3. The molecule has 2 aromatic rings. The Morgan fingerprint density at radius 1 is 1.24 bits per heavy atom. The number of rotatable bonds is 5. The van der Waals surface area contributed by atoms with Gasteiger partial charge < -0.3 is 10.5 Å². The predicted octanol–water partition coefficient (Wildman–Crippen LogP) is 3.60. The minimum absolute atomic E-state index is 0.151. The summed E-state index contributed by atoms with van der Waals surface area (Å²) in [5, 5.41) is 0. The third-order valence-corrected chi connectivity index (χ3v) is 4.16. The zero-order valence-electron chi connectivity index (χ0n) is 12.8. The quantitative estimate of drug-likeness (QED) is 0.908. The van der Waals surface area contributed by atoms with Gasteiger partial charge in [0.1, 0.15) is 5.75 Å². The second-order valence-electron chi connectivity index (χ2n) is 6.20. The van der Waals surface area contributed by atoms with E-state index in [-0.39, 0.29) is 6.04 Å². The highest BCUT2D eigenvalue weighted by atomic mass is 16.5. The number of benzene rings is 2. The van der Waals surface area contributed by atoms with Gasteiger partial charge in [0.25, 0.3) is 0 Å². The maximum atomic E-state index is 6.10. The molecule has 1 aliphatic carbocycles. The number of aryl methyl sites for hydroxylation is 1. The molecule has 0 saturated carbocycles. The smallest absolute Gasteiger partial charge is 0.122 e. The van der Waals surface area contributed by atoms with Crippen molar-refractivity contribution in [3.63, 3.8) is 0 Å². The summed E-state index contributed by atoms with van der Waals surface area (Å²) in [6.45, 7) is 4.90. The molecule has 0 heterocycles. The third-order valence-electron chi connectivity index (χ3n) is 4.16. The molecule has 2 aromatic carbocycles. The van der Waals surface area contributed by atoms with Crippen molar-refractivity contribution in [2.75, 3.05) is 6.61 Å². The van der Waals surface area contributed by atoms with E-state index in [9.17, 15) is 0 Å². The van der Waals surface area contributed by atoms with E-state index in [4.69, 9.17) is 10.5 Å². The van der Waals surface area contributed by atoms with E-state index >= 15 is 0 Å². The van der Waals surface area contributed by atoms with Gasteiger partial charge in [0.15, 0.2) is 0 Å². The van der Waals surface area contributed by atoms with Crippen molar-refractivity contribution in [1.82, 2.24) is 0 Å². The molecule has 0 fully saturated rings. The minimum Gasteiger partial charge on any atom is -0.493 e. The molecular formula is C19H23NO. The van der Waals surface area contributed by atoms with E-state index in [1.54, 1.807) is 0 Å². The topological polar surface area (TPSA) is 35.2 Å². The van der Waals surface area contributed by atoms with Crippen molar-refractivity contribution in [1.29, 1.82) is 0 Å². The van der Waals surface area contributed by atoms with E-state index < -0.39 is 0 Å². The highest BCUT2D eigenvalue weighted by molar-refractivity contribution is 5.41. The van der Waals surface area contributed by atoms with Crippen LogP contribution in [0.15, 0.2) is 42.5 Å². The fourth-order valence-electron chi connectivity index (χ4n) is 3.06. The Bertz CT molecular complexity index is 633. The number of fused-ring (bicyclic) bond motifs is 1. The summed E-state index contributed by atoms with van der Waals surface area (Å²) < 4.78 is 6.10. The first-order valence-electron chi connectivity index (χ1n) is 7.69. The van der Waals surface area contributed by atoms with Gasteiger partial charge in [-0.2, -0.15) is 0 Å². The molecule has 0 aromatic heterocycles. The zero-order valence-corrected chi connectivity index (χ0v) is 12.8. The number of hydrogen-bond acceptors (Lipinski definition) is 2. The number of ether oxygens (including phenoxy) is 1. The first kappa shape index (κ1) is 14.2. The summed E-state index contributed by atoms with van der Waals surface area (Å²) in [4.78, 5) is 0. The van der Waals surface area contributed by atoms with Crippen molar-refractivity contribution in [2.24, 2.45) is 5.73 Å². The number of hydrogen-bond donors (Lipinski definition) is 1. The highest BCUT2D eigenvalue weighted by Gasteiger charge is 2.26. The van der Waals surface area contributed by atoms with Gasteiger partial charge in [0.2, 0.25) is 0 Å². The van der Waals surface area contributed by atoms with Gasteiger partial charge in [-0.25, -0.2) is 0 Å². The lowest BCUT2D eigenvalue weighted by Crippen LogP contribution is -2.24. The molecule has 0 bridgehead atoms. The molecule has 21 heavy (non-hydrogen) atoms. The molecule has 2 heteroatoms. The number of nitrogens with two attached hydrogens (primary N) is 1. The molecule has 2 nitrogen and oxygen atoms in total. The molecule has 0 saturated heterocycles. The largest absolute Gasteiger partial charge is 0.493 e. The Morgan fingerprint density at radius 3 is 2.81 bits per heavy atom. The normalized spacial score (nSPS) is 17.8. The van der Waals surface area contributed by atoms with E-state index in [0.717, 1.165) is 25.2 Å². The summed E-state index contributed by atoms with van der Waals surface area (Å²) in [5.41, 5.74) is 11.3. The van der Waals surface area contributed by atoms with Crippen molar-refractivity contribution in [3.05, 3.63) is 64.7 Å². The van der Waals surface area contributed by atoms with Gasteiger partial charge in [0, 0.05) is 12.0 Å². The molecule has 0 spiro atoms. The van der Waals surface area contributed by atoms with Gasteiger partial charge in [-0.3, -0.25) is 0 Å². The van der Waals surface area contributed by atoms with Crippen molar-refractivity contribution in [2.45, 2.75) is 38.6 Å². The molecule has 1 aliphatic rings. The monoisotopic (exact) mass is 281 g/mol. The molecule has 2 unspecified atom stereocenters. The van der Waals surface area contributed by atoms with Gasteiger partial charge in [-0.05, 0) is 49.4 Å². The van der Waals surface area contributed by atoms with E-state index in [0.29, 0.717) is 5.92 Å². The maximum Gasteiger partial charge on any atom is 0.122 e. The van der Waals surface area contributed by atoms with Crippen LogP contribution in [0.3, 0.4) is 0 Å². The third kappa shape index (κ3) is 3.11. The van der Waals surface area contributed by atoms with Crippen LogP contribution in [0.1, 0.15) is 35.1 Å². The predicted molar refractivity (Wildman–Crippen MR) is 86.9 cm³/mol. The lowest BCUT2D eigenvalue weighted by atomic mass is 9.78. The lowest BCUT2D eigenvalue weighted by molar-refractivity contribution is 0.272. The Morgan fingerprint density at radius 2 is 2.05 bits per heavy atom. The second-order valence-corrected chi connectivity index (χ2v) is 6.20. The average molecular weight is 281 g/mol. The van der Waals surface area contributed by atoms with Gasteiger partial charge >= 0.3 is 0 Å². The highest BCUT2D eigenvalue weighted by Crippen LogP contribution is 2.35. The first-order valence-corrected chi connectivity index (χ1v) is 7.69. The fourth-order valence-corrected chi connectivity index (χ4v) is 3.06. The summed E-state index contributed by atoms with van der Waals surface area (Å²) in [6.07, 6.45) is 1.99. The molecule has 2 N–H and O–H groups in total. The van der Waals surface area contributed by atoms with Crippen LogP contribution in [0.2, 0.25) is 0 Å².